The highest BCUT2D eigenvalue weighted by Crippen LogP contribution is 2.29. The van der Waals surface area contributed by atoms with Crippen LogP contribution in [0.4, 0.5) is 0 Å². The van der Waals surface area contributed by atoms with Crippen molar-refractivity contribution >= 4 is 11.8 Å². The highest BCUT2D eigenvalue weighted by molar-refractivity contribution is 6.04. The molecule has 1 aliphatic heterocycles. The smallest absolute Gasteiger partial charge is 0.341 e. The summed E-state index contributed by atoms with van der Waals surface area (Å²) in [5.74, 6) is -0.0846. The first-order valence-corrected chi connectivity index (χ1v) is 5.20. The molecule has 0 fully saturated rings. The summed E-state index contributed by atoms with van der Waals surface area (Å²) in [6.45, 7) is 2.36. The van der Waals surface area contributed by atoms with Gasteiger partial charge in [-0.1, -0.05) is 6.07 Å². The lowest BCUT2D eigenvalue weighted by atomic mass is 10.0. The SMILES string of the molecule is CCOC(=O)c1cccc2c1OCCC2=O. The van der Waals surface area contributed by atoms with E-state index in [0.29, 0.717) is 36.5 Å². The zero-order valence-corrected chi connectivity index (χ0v) is 8.99. The Kier molecular flexibility index (Phi) is 2.90. The first kappa shape index (κ1) is 10.7. The fourth-order valence-electron chi connectivity index (χ4n) is 1.66. The molecule has 0 N–H and O–H groups in total. The van der Waals surface area contributed by atoms with E-state index < -0.39 is 5.97 Å². The number of para-hydroxylation sites is 1. The number of carbonyl (C=O) groups is 2. The molecule has 84 valence electrons. The monoisotopic (exact) mass is 220 g/mol. The van der Waals surface area contributed by atoms with Gasteiger partial charge < -0.3 is 9.47 Å². The molecule has 0 saturated carbocycles. The van der Waals surface area contributed by atoms with Crippen molar-refractivity contribution in [1.29, 1.82) is 0 Å². The molecule has 0 aliphatic carbocycles. The molecule has 1 aromatic rings. The Morgan fingerprint density at radius 3 is 3.06 bits per heavy atom. The van der Waals surface area contributed by atoms with Gasteiger partial charge in [-0.15, -0.1) is 0 Å². The van der Waals surface area contributed by atoms with Crippen LogP contribution in [0.2, 0.25) is 0 Å². The molecule has 0 unspecified atom stereocenters. The molecule has 1 heterocycles. The van der Waals surface area contributed by atoms with E-state index in [-0.39, 0.29) is 5.78 Å². The predicted molar refractivity (Wildman–Crippen MR) is 56.8 cm³/mol. The molecule has 4 heteroatoms. The summed E-state index contributed by atoms with van der Waals surface area (Å²) in [6.07, 6.45) is 0.360. The van der Waals surface area contributed by atoms with Gasteiger partial charge in [0.2, 0.25) is 0 Å². The van der Waals surface area contributed by atoms with E-state index in [1.807, 2.05) is 0 Å². The number of rotatable bonds is 2. The Morgan fingerprint density at radius 1 is 1.50 bits per heavy atom. The van der Waals surface area contributed by atoms with Crippen LogP contribution in [0.15, 0.2) is 18.2 Å². The zero-order valence-electron chi connectivity index (χ0n) is 8.99. The lowest BCUT2D eigenvalue weighted by Crippen LogP contribution is -2.18. The fourth-order valence-corrected chi connectivity index (χ4v) is 1.66. The first-order valence-electron chi connectivity index (χ1n) is 5.20. The third-order valence-corrected chi connectivity index (χ3v) is 2.39. The highest BCUT2D eigenvalue weighted by atomic mass is 16.5. The lowest BCUT2D eigenvalue weighted by molar-refractivity contribution is 0.0521. The van der Waals surface area contributed by atoms with Crippen LogP contribution in [0.5, 0.6) is 5.75 Å². The van der Waals surface area contributed by atoms with Crippen molar-refractivity contribution in [2.75, 3.05) is 13.2 Å². The van der Waals surface area contributed by atoms with Crippen molar-refractivity contribution in [2.24, 2.45) is 0 Å². The molecular formula is C12H12O4. The van der Waals surface area contributed by atoms with Gasteiger partial charge in [-0.05, 0) is 19.1 Å². The number of benzene rings is 1. The molecule has 0 spiro atoms. The summed E-state index contributed by atoms with van der Waals surface area (Å²) >= 11 is 0. The number of carbonyl (C=O) groups excluding carboxylic acids is 2. The van der Waals surface area contributed by atoms with Crippen LogP contribution >= 0.6 is 0 Å². The quantitative estimate of drug-likeness (QED) is 0.713. The van der Waals surface area contributed by atoms with Gasteiger partial charge in [-0.25, -0.2) is 4.79 Å². The molecule has 2 rings (SSSR count). The maximum Gasteiger partial charge on any atom is 0.341 e. The van der Waals surface area contributed by atoms with E-state index in [1.165, 1.54) is 0 Å². The van der Waals surface area contributed by atoms with Crippen LogP contribution in [-0.4, -0.2) is 25.0 Å². The van der Waals surface area contributed by atoms with Crippen LogP contribution in [-0.2, 0) is 4.74 Å². The summed E-state index contributed by atoms with van der Waals surface area (Å²) in [5.41, 5.74) is 0.796. The van der Waals surface area contributed by atoms with Crippen LogP contribution < -0.4 is 4.74 Å². The van der Waals surface area contributed by atoms with Gasteiger partial charge in [0, 0.05) is 6.42 Å². The topological polar surface area (TPSA) is 52.6 Å². The minimum atomic E-state index is -0.450. The molecule has 0 saturated heterocycles. The Hall–Kier alpha value is -1.84. The number of hydrogen-bond donors (Lipinski definition) is 0. The van der Waals surface area contributed by atoms with Crippen LogP contribution in [0.1, 0.15) is 34.1 Å². The average Bonchev–Trinajstić information content (AvgIpc) is 2.29. The van der Waals surface area contributed by atoms with Gasteiger partial charge in [0.1, 0.15) is 11.3 Å². The van der Waals surface area contributed by atoms with Gasteiger partial charge in [0.25, 0.3) is 0 Å². The van der Waals surface area contributed by atoms with E-state index in [4.69, 9.17) is 9.47 Å². The number of ketones is 1. The Labute approximate surface area is 93.2 Å². The number of hydrogen-bond acceptors (Lipinski definition) is 4. The van der Waals surface area contributed by atoms with Crippen molar-refractivity contribution in [2.45, 2.75) is 13.3 Å². The normalized spacial score (nSPS) is 13.9. The number of esters is 1. The number of Topliss-reactive ketones (excluding diaryl/α,β-unsaturated/α-hetero) is 1. The van der Waals surface area contributed by atoms with E-state index in [0.717, 1.165) is 0 Å². The van der Waals surface area contributed by atoms with Gasteiger partial charge in [-0.3, -0.25) is 4.79 Å². The minimum absolute atomic E-state index is 0.00685. The van der Waals surface area contributed by atoms with Gasteiger partial charge in [0.15, 0.2) is 5.78 Å². The summed E-state index contributed by atoms with van der Waals surface area (Å²) in [7, 11) is 0. The molecule has 0 amide bonds. The van der Waals surface area contributed by atoms with E-state index in [9.17, 15) is 9.59 Å². The summed E-state index contributed by atoms with van der Waals surface area (Å²) in [5, 5.41) is 0. The van der Waals surface area contributed by atoms with E-state index >= 15 is 0 Å². The molecular weight excluding hydrogens is 208 g/mol. The van der Waals surface area contributed by atoms with Crippen molar-refractivity contribution in [3.05, 3.63) is 29.3 Å². The second-order valence-electron chi connectivity index (χ2n) is 3.42. The van der Waals surface area contributed by atoms with Gasteiger partial charge >= 0.3 is 5.97 Å². The maximum absolute atomic E-state index is 11.6. The maximum atomic E-state index is 11.6. The van der Waals surface area contributed by atoms with Gasteiger partial charge in [0.05, 0.1) is 18.8 Å². The van der Waals surface area contributed by atoms with Gasteiger partial charge in [-0.2, -0.15) is 0 Å². The van der Waals surface area contributed by atoms with Crippen molar-refractivity contribution in [3.8, 4) is 5.75 Å². The largest absolute Gasteiger partial charge is 0.491 e. The predicted octanol–water partition coefficient (Wildman–Crippen LogP) is 1.83. The second-order valence-corrected chi connectivity index (χ2v) is 3.42. The number of fused-ring (bicyclic) bond motifs is 1. The second kappa shape index (κ2) is 4.35. The van der Waals surface area contributed by atoms with Crippen LogP contribution in [0.3, 0.4) is 0 Å². The van der Waals surface area contributed by atoms with Crippen LogP contribution in [0, 0.1) is 0 Å². The molecule has 1 aromatic carbocycles. The fraction of sp³-hybridized carbons (Fsp3) is 0.333. The van der Waals surface area contributed by atoms with Crippen molar-refractivity contribution in [3.63, 3.8) is 0 Å². The molecule has 1 aliphatic rings. The third kappa shape index (κ3) is 1.78. The Bertz CT molecular complexity index is 437. The van der Waals surface area contributed by atoms with Crippen molar-refractivity contribution < 1.29 is 19.1 Å². The van der Waals surface area contributed by atoms with Crippen LogP contribution in [0.25, 0.3) is 0 Å². The van der Waals surface area contributed by atoms with E-state index in [2.05, 4.69) is 0 Å². The Balaban J connectivity index is 2.43. The average molecular weight is 220 g/mol. The molecule has 0 radical (unpaired) electrons. The molecule has 16 heavy (non-hydrogen) atoms. The Morgan fingerprint density at radius 2 is 2.31 bits per heavy atom. The molecule has 0 atom stereocenters. The highest BCUT2D eigenvalue weighted by Gasteiger charge is 2.24. The lowest BCUT2D eigenvalue weighted by Gasteiger charge is -2.18. The summed E-state index contributed by atoms with van der Waals surface area (Å²) in [6, 6.07) is 4.94. The third-order valence-electron chi connectivity index (χ3n) is 2.39. The summed E-state index contributed by atoms with van der Waals surface area (Å²) < 4.78 is 10.3. The minimum Gasteiger partial charge on any atom is -0.491 e. The standard InChI is InChI=1S/C12H12O4/c1-2-15-12(14)9-5-3-4-8-10(13)6-7-16-11(8)9/h3-5H,2,6-7H2,1H3. The molecule has 4 nitrogen and oxygen atoms in total. The van der Waals surface area contributed by atoms with E-state index in [1.54, 1.807) is 25.1 Å². The number of ether oxygens (including phenoxy) is 2. The molecule has 0 aromatic heterocycles. The summed E-state index contributed by atoms with van der Waals surface area (Å²) in [4.78, 5) is 23.2. The zero-order chi connectivity index (χ0) is 11.5. The van der Waals surface area contributed by atoms with Crippen molar-refractivity contribution in [1.82, 2.24) is 0 Å². The first-order chi connectivity index (χ1) is 7.74. The molecule has 0 bridgehead atoms.